The van der Waals surface area contributed by atoms with E-state index < -0.39 is 11.9 Å². The van der Waals surface area contributed by atoms with E-state index in [0.717, 1.165) is 25.7 Å². The second-order valence-electron chi connectivity index (χ2n) is 10.9. The third-order valence-corrected chi connectivity index (χ3v) is 7.03. The van der Waals surface area contributed by atoms with Crippen molar-refractivity contribution in [1.29, 1.82) is 0 Å². The average molecular weight is 627 g/mol. The van der Waals surface area contributed by atoms with Crippen molar-refractivity contribution >= 4 is 0 Å². The van der Waals surface area contributed by atoms with E-state index in [9.17, 15) is 0 Å². The minimum absolute atomic E-state index is 0.622. The molecule has 1 aromatic rings. The normalized spacial score (nSPS) is 11.5. The Bertz CT molecular complexity index is 541. The summed E-state index contributed by atoms with van der Waals surface area (Å²) in [6.07, 6.45) is 19.7. The van der Waals surface area contributed by atoms with Crippen molar-refractivity contribution in [3.8, 4) is 0 Å². The third-order valence-electron chi connectivity index (χ3n) is 7.03. The first kappa shape index (κ1) is 45.1. The Balaban J connectivity index is 0. The molecule has 0 saturated carbocycles. The first-order valence-corrected chi connectivity index (χ1v) is 18.3. The van der Waals surface area contributed by atoms with Crippen LogP contribution in [0.25, 0.3) is 0 Å². The molecule has 0 heterocycles. The summed E-state index contributed by atoms with van der Waals surface area (Å²) in [7, 11) is 0. The standard InChI is InChI=1S/2C16H34O3.C6H6/c2*1-5-9-10-11-12-13-14-15-16(17-6-2,18-7-3)19-8-4;1-2-4-6-5-3-1/h2*5-15H2,1-4H3;1-6H. The first-order valence-electron chi connectivity index (χ1n) is 18.3. The molecule has 0 aliphatic carbocycles. The summed E-state index contributed by atoms with van der Waals surface area (Å²) in [6.45, 7) is 20.1. The summed E-state index contributed by atoms with van der Waals surface area (Å²) >= 11 is 0. The molecule has 0 fully saturated rings. The lowest BCUT2D eigenvalue weighted by Crippen LogP contribution is -2.39. The maximum atomic E-state index is 5.71. The molecule has 0 spiro atoms. The Kier molecular flexibility index (Phi) is 35.7. The highest BCUT2D eigenvalue weighted by molar-refractivity contribution is 4.99. The van der Waals surface area contributed by atoms with E-state index in [1.807, 2.05) is 77.9 Å². The Morgan fingerprint density at radius 3 is 0.705 bits per heavy atom. The maximum Gasteiger partial charge on any atom is 0.282 e. The predicted molar refractivity (Wildman–Crippen MR) is 187 cm³/mol. The highest BCUT2D eigenvalue weighted by atomic mass is 16.9. The van der Waals surface area contributed by atoms with Crippen LogP contribution < -0.4 is 0 Å². The van der Waals surface area contributed by atoms with Crippen LogP contribution in [0.5, 0.6) is 0 Å². The molecule has 0 N–H and O–H groups in total. The molecule has 1 rings (SSSR count). The summed E-state index contributed by atoms with van der Waals surface area (Å²) in [6, 6.07) is 12.0. The van der Waals surface area contributed by atoms with Crippen LogP contribution >= 0.6 is 0 Å². The second-order valence-corrected chi connectivity index (χ2v) is 10.9. The van der Waals surface area contributed by atoms with Crippen molar-refractivity contribution in [2.45, 2.75) is 170 Å². The van der Waals surface area contributed by atoms with Gasteiger partial charge < -0.3 is 28.4 Å². The van der Waals surface area contributed by atoms with Gasteiger partial charge in [0.15, 0.2) is 0 Å². The fourth-order valence-corrected chi connectivity index (χ4v) is 4.98. The Hall–Kier alpha value is -1.02. The number of ether oxygens (including phenoxy) is 6. The number of unbranched alkanes of at least 4 members (excludes halogenated alkanes) is 12. The van der Waals surface area contributed by atoms with Crippen LogP contribution in [0.2, 0.25) is 0 Å². The molecule has 44 heavy (non-hydrogen) atoms. The molecule has 6 heteroatoms. The Morgan fingerprint density at radius 2 is 0.500 bits per heavy atom. The van der Waals surface area contributed by atoms with Gasteiger partial charge in [-0.15, -0.1) is 0 Å². The Morgan fingerprint density at radius 1 is 0.295 bits per heavy atom. The van der Waals surface area contributed by atoms with Gasteiger partial charge in [-0.1, -0.05) is 127 Å². The van der Waals surface area contributed by atoms with Crippen molar-refractivity contribution in [1.82, 2.24) is 0 Å². The van der Waals surface area contributed by atoms with Gasteiger partial charge in [0, 0.05) is 52.5 Å². The van der Waals surface area contributed by atoms with Crippen molar-refractivity contribution in [3.05, 3.63) is 36.4 Å². The topological polar surface area (TPSA) is 55.4 Å². The van der Waals surface area contributed by atoms with Gasteiger partial charge in [-0.25, -0.2) is 0 Å². The molecule has 0 radical (unpaired) electrons. The van der Waals surface area contributed by atoms with Gasteiger partial charge in [0.05, 0.1) is 0 Å². The fourth-order valence-electron chi connectivity index (χ4n) is 4.98. The van der Waals surface area contributed by atoms with Crippen molar-refractivity contribution < 1.29 is 28.4 Å². The zero-order chi connectivity index (χ0) is 33.0. The summed E-state index contributed by atoms with van der Waals surface area (Å²) < 4.78 is 34.3. The molecule has 0 bridgehead atoms. The maximum absolute atomic E-state index is 5.71. The Labute approximate surface area is 274 Å². The summed E-state index contributed by atoms with van der Waals surface area (Å²) in [5.74, 6) is -1.61. The van der Waals surface area contributed by atoms with Gasteiger partial charge in [-0.3, -0.25) is 0 Å². The van der Waals surface area contributed by atoms with Gasteiger partial charge in [-0.2, -0.15) is 0 Å². The number of hydrogen-bond donors (Lipinski definition) is 0. The van der Waals surface area contributed by atoms with Gasteiger partial charge in [-0.05, 0) is 54.4 Å². The summed E-state index contributed by atoms with van der Waals surface area (Å²) in [4.78, 5) is 0. The predicted octanol–water partition coefficient (Wildman–Crippen LogP) is 11.5. The van der Waals surface area contributed by atoms with Gasteiger partial charge in [0.2, 0.25) is 0 Å². The van der Waals surface area contributed by atoms with Gasteiger partial charge in [0.1, 0.15) is 0 Å². The first-order chi connectivity index (χ1) is 21.5. The molecule has 0 saturated heterocycles. The highest BCUT2D eigenvalue weighted by Gasteiger charge is 2.32. The molecule has 1 aromatic carbocycles. The summed E-state index contributed by atoms with van der Waals surface area (Å²) in [5, 5.41) is 0. The van der Waals surface area contributed by atoms with Crippen LogP contribution in [-0.4, -0.2) is 51.6 Å². The average Bonchev–Trinajstić information content (AvgIpc) is 3.02. The number of hydrogen-bond acceptors (Lipinski definition) is 6. The monoisotopic (exact) mass is 627 g/mol. The van der Waals surface area contributed by atoms with E-state index in [-0.39, 0.29) is 0 Å². The molecule has 262 valence electrons. The largest absolute Gasteiger partial charge is 0.328 e. The van der Waals surface area contributed by atoms with Crippen LogP contribution in [0.1, 0.15) is 158 Å². The SMILES string of the molecule is CCCCCCCCCC(OCC)(OCC)OCC.CCCCCCCCCC(OCC)(OCC)OCC.c1ccccc1. The minimum Gasteiger partial charge on any atom is -0.328 e. The molecular weight excluding hydrogens is 552 g/mol. The second kappa shape index (κ2) is 34.8. The van der Waals surface area contributed by atoms with Crippen molar-refractivity contribution in [2.75, 3.05) is 39.6 Å². The zero-order valence-corrected chi connectivity index (χ0v) is 30.5. The highest BCUT2D eigenvalue weighted by Crippen LogP contribution is 2.25. The third kappa shape index (κ3) is 27.3. The van der Waals surface area contributed by atoms with Gasteiger partial charge in [0.25, 0.3) is 11.9 Å². The van der Waals surface area contributed by atoms with E-state index in [4.69, 9.17) is 28.4 Å². The van der Waals surface area contributed by atoms with Crippen LogP contribution in [-0.2, 0) is 28.4 Å². The molecule has 0 atom stereocenters. The van der Waals surface area contributed by atoms with E-state index in [0.29, 0.717) is 39.6 Å². The number of rotatable bonds is 28. The van der Waals surface area contributed by atoms with E-state index in [1.54, 1.807) is 0 Å². The quantitative estimate of drug-likeness (QED) is 0.0681. The molecule has 0 amide bonds. The lowest BCUT2D eigenvalue weighted by molar-refractivity contribution is -0.380. The van der Waals surface area contributed by atoms with E-state index in [2.05, 4.69) is 13.8 Å². The lowest BCUT2D eigenvalue weighted by Gasteiger charge is -2.32. The zero-order valence-electron chi connectivity index (χ0n) is 30.5. The molecule has 6 nitrogen and oxygen atoms in total. The lowest BCUT2D eigenvalue weighted by atomic mass is 10.1. The molecule has 0 aliphatic heterocycles. The molecule has 0 aromatic heterocycles. The number of benzene rings is 1. The van der Waals surface area contributed by atoms with Crippen LogP contribution in [0.3, 0.4) is 0 Å². The van der Waals surface area contributed by atoms with Crippen LogP contribution in [0, 0.1) is 0 Å². The van der Waals surface area contributed by atoms with Crippen molar-refractivity contribution in [2.24, 2.45) is 0 Å². The van der Waals surface area contributed by atoms with Crippen LogP contribution in [0.15, 0.2) is 36.4 Å². The minimum atomic E-state index is -0.804. The molecule has 0 aliphatic rings. The van der Waals surface area contributed by atoms with E-state index in [1.165, 1.54) is 77.0 Å². The summed E-state index contributed by atoms with van der Waals surface area (Å²) in [5.41, 5.74) is 0. The van der Waals surface area contributed by atoms with E-state index >= 15 is 0 Å². The van der Waals surface area contributed by atoms with Crippen molar-refractivity contribution in [3.63, 3.8) is 0 Å². The molecular formula is C38H74O6. The fraction of sp³-hybridized carbons (Fsp3) is 0.842. The van der Waals surface area contributed by atoms with Crippen LogP contribution in [0.4, 0.5) is 0 Å². The van der Waals surface area contributed by atoms with Gasteiger partial charge >= 0.3 is 0 Å². The molecule has 0 unspecified atom stereocenters. The smallest absolute Gasteiger partial charge is 0.282 e.